The lowest BCUT2D eigenvalue weighted by atomic mass is 9.99. The summed E-state index contributed by atoms with van der Waals surface area (Å²) in [5.74, 6) is 0.875. The van der Waals surface area contributed by atoms with Crippen LogP contribution in [0.3, 0.4) is 0 Å². The summed E-state index contributed by atoms with van der Waals surface area (Å²) in [4.78, 5) is 0. The van der Waals surface area contributed by atoms with E-state index in [0.29, 0.717) is 6.61 Å². The Morgan fingerprint density at radius 1 is 1.12 bits per heavy atom. The van der Waals surface area contributed by atoms with E-state index in [-0.39, 0.29) is 0 Å². The van der Waals surface area contributed by atoms with E-state index >= 15 is 0 Å². The second kappa shape index (κ2) is 7.72. The maximum Gasteiger partial charge on any atom is 0.115 e. The van der Waals surface area contributed by atoms with Gasteiger partial charge in [0.1, 0.15) is 5.76 Å². The van der Waals surface area contributed by atoms with Crippen molar-refractivity contribution in [1.29, 1.82) is 0 Å². The van der Waals surface area contributed by atoms with Crippen LogP contribution in [0, 0.1) is 0 Å². The number of hydrogen-bond acceptors (Lipinski definition) is 1. The Morgan fingerprint density at radius 2 is 1.71 bits per heavy atom. The fraction of sp³-hybridized carbons (Fsp3) is 0.375. The van der Waals surface area contributed by atoms with Crippen molar-refractivity contribution in [1.82, 2.24) is 0 Å². The molecule has 0 atom stereocenters. The van der Waals surface area contributed by atoms with Crippen molar-refractivity contribution in [3.8, 4) is 0 Å². The Labute approximate surface area is 106 Å². The molecule has 0 bridgehead atoms. The first-order valence-corrected chi connectivity index (χ1v) is 5.93. The summed E-state index contributed by atoms with van der Waals surface area (Å²) in [5, 5.41) is 0. The number of rotatable bonds is 6. The summed E-state index contributed by atoms with van der Waals surface area (Å²) in [5.41, 5.74) is 4.32. The van der Waals surface area contributed by atoms with E-state index < -0.39 is 0 Å². The molecule has 0 heterocycles. The van der Waals surface area contributed by atoms with Gasteiger partial charge in [-0.15, -0.1) is 0 Å². The quantitative estimate of drug-likeness (QED) is 0.465. The molecule has 0 spiro atoms. The molecule has 0 aromatic rings. The van der Waals surface area contributed by atoms with Gasteiger partial charge in [0, 0.05) is 0 Å². The van der Waals surface area contributed by atoms with Gasteiger partial charge in [-0.1, -0.05) is 30.4 Å². The molecular weight excluding hydrogens is 208 g/mol. The summed E-state index contributed by atoms with van der Waals surface area (Å²) >= 11 is 0. The van der Waals surface area contributed by atoms with Gasteiger partial charge in [0.2, 0.25) is 0 Å². The normalized spacial score (nSPS) is 13.6. The molecule has 0 aliphatic carbocycles. The van der Waals surface area contributed by atoms with Crippen molar-refractivity contribution in [2.24, 2.45) is 0 Å². The molecule has 0 amide bonds. The molecule has 0 aromatic carbocycles. The third-order valence-corrected chi connectivity index (χ3v) is 2.23. The average Bonchev–Trinajstić information content (AvgIpc) is 2.22. The number of hydrogen-bond donors (Lipinski definition) is 0. The Hall–Kier alpha value is -1.50. The van der Waals surface area contributed by atoms with Crippen LogP contribution >= 0.6 is 0 Å². The van der Waals surface area contributed by atoms with Crippen LogP contribution in [-0.2, 0) is 4.74 Å². The van der Waals surface area contributed by atoms with E-state index in [1.54, 1.807) is 0 Å². The van der Waals surface area contributed by atoms with Crippen LogP contribution in [0.15, 0.2) is 59.4 Å². The van der Waals surface area contributed by atoms with Crippen LogP contribution in [0.25, 0.3) is 0 Å². The fourth-order valence-corrected chi connectivity index (χ4v) is 1.54. The van der Waals surface area contributed by atoms with Gasteiger partial charge in [0.15, 0.2) is 0 Å². The third-order valence-electron chi connectivity index (χ3n) is 2.23. The highest BCUT2D eigenvalue weighted by molar-refractivity contribution is 5.48. The van der Waals surface area contributed by atoms with E-state index in [0.717, 1.165) is 28.1 Å². The summed E-state index contributed by atoms with van der Waals surface area (Å²) in [6.07, 6.45) is 6.04. The smallest absolute Gasteiger partial charge is 0.115 e. The summed E-state index contributed by atoms with van der Waals surface area (Å²) in [6.45, 7) is 18.6. The molecule has 0 saturated heterocycles. The second-order valence-corrected chi connectivity index (χ2v) is 4.14. The molecular formula is C16H24O. The second-order valence-electron chi connectivity index (χ2n) is 4.14. The first-order chi connectivity index (χ1) is 7.92. The average molecular weight is 232 g/mol. The molecule has 1 heteroatoms. The lowest BCUT2D eigenvalue weighted by Crippen LogP contribution is -1.93. The Bertz CT molecular complexity index is 378. The Morgan fingerprint density at radius 3 is 2.06 bits per heavy atom. The first-order valence-electron chi connectivity index (χ1n) is 5.93. The maximum absolute atomic E-state index is 5.52. The van der Waals surface area contributed by atoms with Crippen LogP contribution < -0.4 is 0 Å². The predicted octanol–water partition coefficient (Wildman–Crippen LogP) is 4.95. The van der Waals surface area contributed by atoms with Gasteiger partial charge in [-0.25, -0.2) is 0 Å². The van der Waals surface area contributed by atoms with Crippen molar-refractivity contribution in [3.63, 3.8) is 0 Å². The van der Waals surface area contributed by atoms with Crippen molar-refractivity contribution in [2.45, 2.75) is 34.6 Å². The molecule has 0 fully saturated rings. The van der Waals surface area contributed by atoms with Gasteiger partial charge >= 0.3 is 0 Å². The highest BCUT2D eigenvalue weighted by atomic mass is 16.5. The van der Waals surface area contributed by atoms with E-state index in [4.69, 9.17) is 4.74 Å². The molecule has 0 unspecified atom stereocenters. The highest BCUT2D eigenvalue weighted by Gasteiger charge is 2.03. The molecule has 17 heavy (non-hydrogen) atoms. The lowest BCUT2D eigenvalue weighted by Gasteiger charge is -2.10. The van der Waals surface area contributed by atoms with E-state index in [1.165, 1.54) is 0 Å². The third kappa shape index (κ3) is 5.96. The molecule has 1 nitrogen and oxygen atoms in total. The number of allylic oxidation sites excluding steroid dienone is 7. The van der Waals surface area contributed by atoms with Gasteiger partial charge in [-0.05, 0) is 57.9 Å². The summed E-state index contributed by atoms with van der Waals surface area (Å²) < 4.78 is 5.52. The maximum atomic E-state index is 5.52. The number of ether oxygens (including phenoxy) is 1. The topological polar surface area (TPSA) is 9.23 Å². The molecule has 0 radical (unpaired) electrons. The zero-order chi connectivity index (χ0) is 13.4. The molecule has 0 aliphatic heterocycles. The minimum Gasteiger partial charge on any atom is -0.494 e. The fourth-order valence-electron chi connectivity index (χ4n) is 1.54. The van der Waals surface area contributed by atoms with E-state index in [2.05, 4.69) is 26.2 Å². The standard InChI is InChI=1S/C16H24O/c1-8-15(17-9-2)11-16(13(5)6)14(7)10-12(3)4/h8,10-11H,3,5,9H2,1-2,4,6-7H3/b14-10-,15-8+,16-11+. The monoisotopic (exact) mass is 232 g/mol. The van der Waals surface area contributed by atoms with Crippen molar-refractivity contribution in [3.05, 3.63) is 59.4 Å². The van der Waals surface area contributed by atoms with Crippen molar-refractivity contribution < 1.29 is 4.74 Å². The van der Waals surface area contributed by atoms with Crippen LogP contribution in [0.1, 0.15) is 34.6 Å². The molecule has 0 aromatic heterocycles. The van der Waals surface area contributed by atoms with Crippen LogP contribution in [0.2, 0.25) is 0 Å². The first kappa shape index (κ1) is 15.5. The minimum absolute atomic E-state index is 0.670. The Balaban J connectivity index is 5.31. The zero-order valence-corrected chi connectivity index (χ0v) is 11.8. The van der Waals surface area contributed by atoms with Crippen molar-refractivity contribution in [2.75, 3.05) is 6.61 Å². The zero-order valence-electron chi connectivity index (χ0n) is 11.8. The largest absolute Gasteiger partial charge is 0.494 e. The van der Waals surface area contributed by atoms with Gasteiger partial charge < -0.3 is 4.74 Å². The molecule has 0 N–H and O–H groups in total. The van der Waals surface area contributed by atoms with Crippen LogP contribution in [0.4, 0.5) is 0 Å². The molecule has 94 valence electrons. The minimum atomic E-state index is 0.670. The van der Waals surface area contributed by atoms with Crippen LogP contribution in [-0.4, -0.2) is 6.61 Å². The van der Waals surface area contributed by atoms with Gasteiger partial charge in [0.05, 0.1) is 6.61 Å². The molecule has 0 saturated carbocycles. The lowest BCUT2D eigenvalue weighted by molar-refractivity contribution is 0.242. The Kier molecular flexibility index (Phi) is 7.04. The van der Waals surface area contributed by atoms with Crippen molar-refractivity contribution >= 4 is 0 Å². The van der Waals surface area contributed by atoms with Gasteiger partial charge in [-0.2, -0.15) is 0 Å². The van der Waals surface area contributed by atoms with Gasteiger partial charge in [0.25, 0.3) is 0 Å². The summed E-state index contributed by atoms with van der Waals surface area (Å²) in [7, 11) is 0. The van der Waals surface area contributed by atoms with E-state index in [9.17, 15) is 0 Å². The molecule has 0 rings (SSSR count). The molecule has 0 aliphatic rings. The van der Waals surface area contributed by atoms with E-state index in [1.807, 2.05) is 39.8 Å². The highest BCUT2D eigenvalue weighted by Crippen LogP contribution is 2.21. The van der Waals surface area contributed by atoms with Gasteiger partial charge in [-0.3, -0.25) is 0 Å². The van der Waals surface area contributed by atoms with Crippen LogP contribution in [0.5, 0.6) is 0 Å². The SMILES string of the molecule is C=C(C)\C=C(C)/C(=C/C(=C\C)OCC)C(=C)C. The predicted molar refractivity (Wildman–Crippen MR) is 76.9 cm³/mol. The summed E-state index contributed by atoms with van der Waals surface area (Å²) in [6, 6.07) is 0.